The molecular weight excluding hydrogens is 315 g/mol. The first-order valence-corrected chi connectivity index (χ1v) is 7.48. The van der Waals surface area contributed by atoms with Crippen molar-refractivity contribution in [2.45, 2.75) is 6.04 Å². The summed E-state index contributed by atoms with van der Waals surface area (Å²) < 4.78 is 5.30. The highest BCUT2D eigenvalue weighted by atomic mass is 35.5. The molecule has 0 spiro atoms. The molecule has 2 heterocycles. The third-order valence-corrected chi connectivity index (χ3v) is 4.32. The van der Waals surface area contributed by atoms with Gasteiger partial charge in [0.15, 0.2) is 0 Å². The van der Waals surface area contributed by atoms with Gasteiger partial charge in [-0.15, -0.1) is 11.3 Å². The Labute approximate surface area is 130 Å². The van der Waals surface area contributed by atoms with E-state index in [4.69, 9.17) is 33.4 Å². The molecule has 0 aliphatic carbocycles. The Morgan fingerprint density at radius 3 is 2.80 bits per heavy atom. The van der Waals surface area contributed by atoms with Crippen LogP contribution in [0.2, 0.25) is 10.0 Å². The number of nitrogens with zero attached hydrogens (tertiary/aromatic N) is 1. The second kappa shape index (κ2) is 5.58. The summed E-state index contributed by atoms with van der Waals surface area (Å²) in [4.78, 5) is 4.53. The van der Waals surface area contributed by atoms with Crippen LogP contribution in [0.3, 0.4) is 0 Å². The van der Waals surface area contributed by atoms with Crippen LogP contribution in [0.5, 0.6) is 0 Å². The lowest BCUT2D eigenvalue weighted by Gasteiger charge is -2.04. The van der Waals surface area contributed by atoms with Crippen molar-refractivity contribution >= 4 is 34.5 Å². The van der Waals surface area contributed by atoms with Gasteiger partial charge in [-0.2, -0.15) is 0 Å². The Kier molecular flexibility index (Phi) is 3.81. The molecule has 2 N–H and O–H groups in total. The second-order valence-corrected chi connectivity index (χ2v) is 5.92. The SMILES string of the molecule is NC(c1ccco1)c1nc(-c2ccc(Cl)cc2Cl)cs1. The highest BCUT2D eigenvalue weighted by Gasteiger charge is 2.17. The molecule has 0 saturated carbocycles. The molecule has 0 saturated heterocycles. The van der Waals surface area contributed by atoms with Gasteiger partial charge in [-0.05, 0) is 30.3 Å². The number of benzene rings is 1. The number of rotatable bonds is 3. The van der Waals surface area contributed by atoms with Crippen LogP contribution in [-0.2, 0) is 0 Å². The molecule has 0 amide bonds. The predicted molar refractivity (Wildman–Crippen MR) is 82.3 cm³/mol. The van der Waals surface area contributed by atoms with Crippen molar-refractivity contribution in [1.82, 2.24) is 4.98 Å². The summed E-state index contributed by atoms with van der Waals surface area (Å²) in [5.41, 5.74) is 7.74. The third-order valence-electron chi connectivity index (χ3n) is 2.84. The van der Waals surface area contributed by atoms with Gasteiger partial charge in [-0.25, -0.2) is 4.98 Å². The molecule has 3 nitrogen and oxygen atoms in total. The van der Waals surface area contributed by atoms with Gasteiger partial charge in [0.25, 0.3) is 0 Å². The zero-order valence-corrected chi connectivity index (χ0v) is 12.5. The topological polar surface area (TPSA) is 52.0 Å². The van der Waals surface area contributed by atoms with Crippen LogP contribution in [0.25, 0.3) is 11.3 Å². The van der Waals surface area contributed by atoms with Crippen molar-refractivity contribution in [3.63, 3.8) is 0 Å². The molecule has 20 heavy (non-hydrogen) atoms. The van der Waals surface area contributed by atoms with E-state index in [2.05, 4.69) is 4.98 Å². The van der Waals surface area contributed by atoms with Crippen molar-refractivity contribution in [2.75, 3.05) is 0 Å². The van der Waals surface area contributed by atoms with Crippen molar-refractivity contribution < 1.29 is 4.42 Å². The van der Waals surface area contributed by atoms with Crippen LogP contribution in [0.4, 0.5) is 0 Å². The van der Waals surface area contributed by atoms with Gasteiger partial charge >= 0.3 is 0 Å². The standard InChI is InChI=1S/C14H10Cl2N2OS/c15-8-3-4-9(10(16)6-8)11-7-20-14(18-11)13(17)12-2-1-5-19-12/h1-7,13H,17H2. The Morgan fingerprint density at radius 1 is 1.25 bits per heavy atom. The second-order valence-electron chi connectivity index (χ2n) is 4.19. The van der Waals surface area contributed by atoms with Crippen LogP contribution in [0, 0.1) is 0 Å². The molecule has 2 aromatic heterocycles. The molecule has 1 atom stereocenters. The number of aromatic nitrogens is 1. The normalized spacial score (nSPS) is 12.6. The monoisotopic (exact) mass is 324 g/mol. The molecule has 3 rings (SSSR count). The summed E-state index contributed by atoms with van der Waals surface area (Å²) in [7, 11) is 0. The zero-order valence-electron chi connectivity index (χ0n) is 10.2. The maximum Gasteiger partial charge on any atom is 0.127 e. The zero-order chi connectivity index (χ0) is 14.1. The minimum absolute atomic E-state index is 0.366. The van der Waals surface area contributed by atoms with E-state index in [1.54, 1.807) is 24.5 Å². The van der Waals surface area contributed by atoms with Crippen molar-refractivity contribution in [3.05, 3.63) is 62.8 Å². The summed E-state index contributed by atoms with van der Waals surface area (Å²) in [5.74, 6) is 0.688. The van der Waals surface area contributed by atoms with Crippen LogP contribution in [0.15, 0.2) is 46.4 Å². The number of furan rings is 1. The molecule has 1 unspecified atom stereocenters. The molecule has 102 valence electrons. The van der Waals surface area contributed by atoms with E-state index in [0.717, 1.165) is 16.3 Å². The maximum atomic E-state index is 6.18. The molecule has 0 radical (unpaired) electrons. The highest BCUT2D eigenvalue weighted by Crippen LogP contribution is 2.33. The van der Waals surface area contributed by atoms with Gasteiger partial charge in [0, 0.05) is 16.0 Å². The van der Waals surface area contributed by atoms with E-state index >= 15 is 0 Å². The van der Waals surface area contributed by atoms with Gasteiger partial charge in [-0.1, -0.05) is 23.2 Å². The lowest BCUT2D eigenvalue weighted by molar-refractivity contribution is 0.489. The first-order chi connectivity index (χ1) is 9.65. The molecule has 0 aliphatic rings. The van der Waals surface area contributed by atoms with Crippen molar-refractivity contribution in [3.8, 4) is 11.3 Å². The first-order valence-electron chi connectivity index (χ1n) is 5.85. The van der Waals surface area contributed by atoms with Crippen LogP contribution in [0.1, 0.15) is 16.8 Å². The Balaban J connectivity index is 1.94. The summed E-state index contributed by atoms with van der Waals surface area (Å²) in [6.07, 6.45) is 1.60. The lowest BCUT2D eigenvalue weighted by atomic mass is 10.2. The number of thiazole rings is 1. The van der Waals surface area contributed by atoms with Crippen LogP contribution in [-0.4, -0.2) is 4.98 Å². The minimum Gasteiger partial charge on any atom is -0.467 e. The first kappa shape index (κ1) is 13.6. The molecule has 0 aliphatic heterocycles. The van der Waals surface area contributed by atoms with E-state index in [0.29, 0.717) is 15.8 Å². The fourth-order valence-electron chi connectivity index (χ4n) is 1.84. The lowest BCUT2D eigenvalue weighted by Crippen LogP contribution is -2.10. The maximum absolute atomic E-state index is 6.18. The summed E-state index contributed by atoms with van der Waals surface area (Å²) >= 11 is 13.6. The van der Waals surface area contributed by atoms with Gasteiger partial charge < -0.3 is 10.2 Å². The molecule has 0 bridgehead atoms. The van der Waals surface area contributed by atoms with Gasteiger partial charge in [0.1, 0.15) is 16.8 Å². The Hall–Kier alpha value is -1.33. The fourth-order valence-corrected chi connectivity index (χ4v) is 3.17. The third kappa shape index (κ3) is 2.60. The Morgan fingerprint density at radius 2 is 2.10 bits per heavy atom. The van der Waals surface area contributed by atoms with E-state index in [1.165, 1.54) is 11.3 Å². The predicted octanol–water partition coefficient (Wildman–Crippen LogP) is 4.76. The van der Waals surface area contributed by atoms with Gasteiger partial charge in [0.05, 0.1) is 17.0 Å². The summed E-state index contributed by atoms with van der Waals surface area (Å²) in [6.45, 7) is 0. The largest absolute Gasteiger partial charge is 0.467 e. The van der Waals surface area contributed by atoms with E-state index < -0.39 is 0 Å². The average molecular weight is 325 g/mol. The quantitative estimate of drug-likeness (QED) is 0.755. The van der Waals surface area contributed by atoms with E-state index in [1.807, 2.05) is 17.5 Å². The Bertz CT molecular complexity index is 725. The minimum atomic E-state index is -0.366. The number of hydrogen-bond donors (Lipinski definition) is 1. The molecular formula is C14H10Cl2N2OS. The van der Waals surface area contributed by atoms with Crippen molar-refractivity contribution in [1.29, 1.82) is 0 Å². The summed E-state index contributed by atoms with van der Waals surface area (Å²) in [6, 6.07) is 8.61. The van der Waals surface area contributed by atoms with Crippen LogP contribution >= 0.6 is 34.5 Å². The van der Waals surface area contributed by atoms with Crippen LogP contribution < -0.4 is 5.73 Å². The van der Waals surface area contributed by atoms with Gasteiger partial charge in [0.2, 0.25) is 0 Å². The smallest absolute Gasteiger partial charge is 0.127 e. The molecule has 6 heteroatoms. The highest BCUT2D eigenvalue weighted by molar-refractivity contribution is 7.10. The number of hydrogen-bond acceptors (Lipinski definition) is 4. The van der Waals surface area contributed by atoms with E-state index in [-0.39, 0.29) is 6.04 Å². The average Bonchev–Trinajstić information content (AvgIpc) is 3.09. The van der Waals surface area contributed by atoms with Gasteiger partial charge in [-0.3, -0.25) is 0 Å². The van der Waals surface area contributed by atoms with Crippen molar-refractivity contribution in [2.24, 2.45) is 5.73 Å². The van der Waals surface area contributed by atoms with E-state index in [9.17, 15) is 0 Å². The fraction of sp³-hybridized carbons (Fsp3) is 0.0714. The number of nitrogens with two attached hydrogens (primary N) is 1. The molecule has 1 aromatic carbocycles. The number of halogens is 2. The molecule has 3 aromatic rings. The molecule has 0 fully saturated rings. The summed E-state index contributed by atoms with van der Waals surface area (Å²) in [5, 5.41) is 3.87.